The normalized spacial score (nSPS) is 14.2. The van der Waals surface area contributed by atoms with E-state index in [9.17, 15) is 0 Å². The summed E-state index contributed by atoms with van der Waals surface area (Å²) in [5.74, 6) is 0.0745. The van der Waals surface area contributed by atoms with Crippen LogP contribution in [-0.4, -0.2) is 5.71 Å². The Labute approximate surface area is 314 Å². The first-order valence-electron chi connectivity index (χ1n) is 18.5. The molecule has 3 heteroatoms. The molecule has 54 heavy (non-hydrogen) atoms. The third-order valence-electron chi connectivity index (χ3n) is 10.7. The lowest BCUT2D eigenvalue weighted by molar-refractivity contribution is 0.672. The minimum atomic E-state index is 0.0745. The second-order valence-corrected chi connectivity index (χ2v) is 14.0. The van der Waals surface area contributed by atoms with Crippen molar-refractivity contribution in [2.75, 3.05) is 4.90 Å². The molecule has 0 spiro atoms. The van der Waals surface area contributed by atoms with Gasteiger partial charge < -0.3 is 9.32 Å². The zero-order chi connectivity index (χ0) is 36.0. The first-order valence-corrected chi connectivity index (χ1v) is 18.5. The number of hydrogen-bond acceptors (Lipinski definition) is 3. The van der Waals surface area contributed by atoms with Crippen molar-refractivity contribution in [2.45, 2.75) is 12.3 Å². The molecule has 3 nitrogen and oxygen atoms in total. The number of nitrogens with zero attached hydrogens (tertiary/aromatic N) is 2. The number of rotatable bonds is 6. The molecule has 1 atom stereocenters. The largest absolute Gasteiger partial charge is 0.455 e. The van der Waals surface area contributed by atoms with Crippen molar-refractivity contribution in [1.29, 1.82) is 0 Å². The Balaban J connectivity index is 1.11. The quantitative estimate of drug-likeness (QED) is 0.162. The first kappa shape index (κ1) is 31.7. The molecule has 256 valence electrons. The fraction of sp³-hybridized carbons (Fsp3) is 0.0392. The summed E-state index contributed by atoms with van der Waals surface area (Å²) in [5, 5.41) is 4.34. The molecule has 9 aromatic rings. The molecule has 1 aromatic heterocycles. The summed E-state index contributed by atoms with van der Waals surface area (Å²) in [6.45, 7) is 4.63. The molecule has 2 heterocycles. The summed E-state index contributed by atoms with van der Waals surface area (Å²) in [6.07, 6.45) is 0.669. The van der Waals surface area contributed by atoms with Crippen molar-refractivity contribution in [2.24, 2.45) is 4.99 Å². The molecular formula is C51H36N2O. The number of hydrogen-bond donors (Lipinski definition) is 0. The summed E-state index contributed by atoms with van der Waals surface area (Å²) in [7, 11) is 0. The average molecular weight is 693 g/mol. The molecule has 0 saturated carbocycles. The smallest absolute Gasteiger partial charge is 0.143 e. The van der Waals surface area contributed by atoms with Crippen molar-refractivity contribution >= 4 is 61.2 Å². The average Bonchev–Trinajstić information content (AvgIpc) is 3.53. The molecule has 1 aliphatic heterocycles. The molecule has 10 rings (SSSR count). The SMILES string of the molecule is C=C1CC(c2ccc3c(c2)oc2c4ccccc4c(N(c4ccccc4)c4ccc(-c5ccccc5)cc4)cc32)=Nc2ccccc2C1c1ccccc1. The van der Waals surface area contributed by atoms with Crippen molar-refractivity contribution < 1.29 is 4.42 Å². The summed E-state index contributed by atoms with van der Waals surface area (Å²) in [5.41, 5.74) is 13.9. The van der Waals surface area contributed by atoms with Gasteiger partial charge in [-0.3, -0.25) is 4.99 Å². The van der Waals surface area contributed by atoms with Gasteiger partial charge in [0.15, 0.2) is 0 Å². The number of anilines is 3. The molecule has 0 radical (unpaired) electrons. The fourth-order valence-electron chi connectivity index (χ4n) is 8.16. The second kappa shape index (κ2) is 13.2. The standard InChI is InChI=1S/C51H36N2O/c1-34-31-47(52-46-24-14-13-23-44(46)50(34)37-17-7-3-8-18-37)38-27-30-42-45-33-48(41-21-11-12-22-43(41)51(45)54-49(42)32-38)53(39-19-9-4-10-20-39)40-28-25-36(26-29-40)35-15-5-2-6-16-35/h2-30,32-33,50H,1,31H2. The summed E-state index contributed by atoms with van der Waals surface area (Å²) >= 11 is 0. The zero-order valence-electron chi connectivity index (χ0n) is 29.7. The number of furan rings is 1. The van der Waals surface area contributed by atoms with Gasteiger partial charge in [0.1, 0.15) is 11.2 Å². The highest BCUT2D eigenvalue weighted by Gasteiger charge is 2.26. The van der Waals surface area contributed by atoms with Crippen LogP contribution in [0, 0.1) is 0 Å². The van der Waals surface area contributed by atoms with Crippen LogP contribution in [0.4, 0.5) is 22.7 Å². The minimum Gasteiger partial charge on any atom is -0.455 e. The minimum absolute atomic E-state index is 0.0745. The van der Waals surface area contributed by atoms with Crippen molar-refractivity contribution in [1.82, 2.24) is 0 Å². The summed E-state index contributed by atoms with van der Waals surface area (Å²) < 4.78 is 6.83. The summed E-state index contributed by atoms with van der Waals surface area (Å²) in [6, 6.07) is 66.5. The van der Waals surface area contributed by atoms with Crippen molar-refractivity contribution in [3.05, 3.63) is 217 Å². The maximum Gasteiger partial charge on any atom is 0.143 e. The molecule has 0 amide bonds. The van der Waals surface area contributed by atoms with E-state index in [1.165, 1.54) is 22.3 Å². The van der Waals surface area contributed by atoms with E-state index >= 15 is 0 Å². The van der Waals surface area contributed by atoms with E-state index in [1.54, 1.807) is 0 Å². The van der Waals surface area contributed by atoms with Crippen LogP contribution in [0.2, 0.25) is 0 Å². The first-order chi connectivity index (χ1) is 26.7. The van der Waals surface area contributed by atoms with Gasteiger partial charge >= 0.3 is 0 Å². The Bertz CT molecular complexity index is 2850. The van der Waals surface area contributed by atoms with E-state index in [0.717, 1.165) is 72.3 Å². The van der Waals surface area contributed by atoms with E-state index in [-0.39, 0.29) is 5.92 Å². The highest BCUT2D eigenvalue weighted by atomic mass is 16.3. The predicted octanol–water partition coefficient (Wildman–Crippen LogP) is 14.1. The lowest BCUT2D eigenvalue weighted by atomic mass is 9.83. The summed E-state index contributed by atoms with van der Waals surface area (Å²) in [4.78, 5) is 7.64. The number of benzene rings is 8. The van der Waals surface area contributed by atoms with E-state index in [1.807, 2.05) is 0 Å². The van der Waals surface area contributed by atoms with Crippen molar-refractivity contribution in [3.8, 4) is 11.1 Å². The lowest BCUT2D eigenvalue weighted by Crippen LogP contribution is -2.10. The van der Waals surface area contributed by atoms with Gasteiger partial charge in [0.25, 0.3) is 0 Å². The monoisotopic (exact) mass is 692 g/mol. The van der Waals surface area contributed by atoms with Crippen LogP contribution in [0.5, 0.6) is 0 Å². The predicted molar refractivity (Wildman–Crippen MR) is 226 cm³/mol. The van der Waals surface area contributed by atoms with Gasteiger partial charge in [-0.2, -0.15) is 0 Å². The Hall–Kier alpha value is -6.97. The maximum absolute atomic E-state index is 6.83. The van der Waals surface area contributed by atoms with Crippen LogP contribution in [0.1, 0.15) is 29.0 Å². The van der Waals surface area contributed by atoms with Gasteiger partial charge in [-0.15, -0.1) is 0 Å². The number of para-hydroxylation sites is 2. The van der Waals surface area contributed by atoms with Gasteiger partial charge in [-0.1, -0.05) is 152 Å². The van der Waals surface area contributed by atoms with Crippen LogP contribution in [0.25, 0.3) is 43.8 Å². The van der Waals surface area contributed by atoms with Crippen LogP contribution in [0.15, 0.2) is 210 Å². The molecule has 1 unspecified atom stereocenters. The van der Waals surface area contributed by atoms with E-state index in [0.29, 0.717) is 6.42 Å². The van der Waals surface area contributed by atoms with Gasteiger partial charge in [0.2, 0.25) is 0 Å². The Kier molecular flexibility index (Phi) is 7.77. The number of allylic oxidation sites excluding steroid dienone is 1. The molecule has 1 aliphatic rings. The molecule has 0 fully saturated rings. The van der Waals surface area contributed by atoms with Crippen molar-refractivity contribution in [3.63, 3.8) is 0 Å². The molecule has 8 aromatic carbocycles. The second-order valence-electron chi connectivity index (χ2n) is 14.0. The van der Waals surface area contributed by atoms with E-state index in [4.69, 9.17) is 9.41 Å². The van der Waals surface area contributed by atoms with Gasteiger partial charge in [-0.25, -0.2) is 0 Å². The molecular weight excluding hydrogens is 657 g/mol. The number of aliphatic imine (C=N–C) groups is 1. The maximum atomic E-state index is 6.83. The van der Waals surface area contributed by atoms with Gasteiger partial charge in [-0.05, 0) is 70.8 Å². The Morgan fingerprint density at radius 1 is 0.519 bits per heavy atom. The topological polar surface area (TPSA) is 28.7 Å². The zero-order valence-corrected chi connectivity index (χ0v) is 29.7. The Morgan fingerprint density at radius 2 is 1.13 bits per heavy atom. The highest BCUT2D eigenvalue weighted by Crippen LogP contribution is 2.46. The lowest BCUT2D eigenvalue weighted by Gasteiger charge is -2.27. The third-order valence-corrected chi connectivity index (χ3v) is 10.7. The van der Waals surface area contributed by atoms with Crippen LogP contribution >= 0.6 is 0 Å². The number of fused-ring (bicyclic) bond motifs is 6. The molecule has 0 saturated heterocycles. The molecule has 0 aliphatic carbocycles. The van der Waals surface area contributed by atoms with Gasteiger partial charge in [0.05, 0.1) is 17.1 Å². The Morgan fingerprint density at radius 3 is 1.91 bits per heavy atom. The van der Waals surface area contributed by atoms with E-state index < -0.39 is 0 Å². The highest BCUT2D eigenvalue weighted by molar-refractivity contribution is 6.20. The fourth-order valence-corrected chi connectivity index (χ4v) is 8.16. The van der Waals surface area contributed by atoms with Crippen LogP contribution in [0.3, 0.4) is 0 Å². The third kappa shape index (κ3) is 5.50. The molecule has 0 bridgehead atoms. The van der Waals surface area contributed by atoms with E-state index in [2.05, 4.69) is 200 Å². The van der Waals surface area contributed by atoms with Crippen LogP contribution in [-0.2, 0) is 0 Å². The molecule has 0 N–H and O–H groups in total. The van der Waals surface area contributed by atoms with Crippen LogP contribution < -0.4 is 4.90 Å². The van der Waals surface area contributed by atoms with Gasteiger partial charge in [0, 0.05) is 50.8 Å².